The fourth-order valence-corrected chi connectivity index (χ4v) is 4.22. The molecule has 8 heteroatoms. The van der Waals surface area contributed by atoms with E-state index in [-0.39, 0.29) is 11.3 Å². The predicted octanol–water partition coefficient (Wildman–Crippen LogP) is 3.97. The molecule has 1 aliphatic heterocycles. The van der Waals surface area contributed by atoms with Gasteiger partial charge < -0.3 is 14.6 Å². The molecule has 3 heterocycles. The molecule has 1 atom stereocenters. The smallest absolute Gasteiger partial charge is 0.410 e. The van der Waals surface area contributed by atoms with Crippen molar-refractivity contribution < 1.29 is 9.53 Å². The van der Waals surface area contributed by atoms with Crippen molar-refractivity contribution in [1.82, 2.24) is 24.8 Å². The molecule has 1 amide bonds. The molecule has 0 spiro atoms. The van der Waals surface area contributed by atoms with Crippen LogP contribution >= 0.6 is 11.8 Å². The minimum Gasteiger partial charge on any atom is -0.410 e. The molecule has 30 heavy (non-hydrogen) atoms. The molecular formula is C22H25N5O2S. The van der Waals surface area contributed by atoms with Crippen molar-refractivity contribution in [3.63, 3.8) is 0 Å². The number of carbonyl (C=O) groups is 1. The normalized spacial score (nSPS) is 15.7. The van der Waals surface area contributed by atoms with Crippen LogP contribution in [0.25, 0.3) is 0 Å². The summed E-state index contributed by atoms with van der Waals surface area (Å²) in [5.74, 6) is 0.565. The number of hydrogen-bond acceptors (Lipinski definition) is 6. The Kier molecular flexibility index (Phi) is 6.66. The highest BCUT2D eigenvalue weighted by Crippen LogP contribution is 2.33. The van der Waals surface area contributed by atoms with Crippen molar-refractivity contribution in [1.29, 1.82) is 0 Å². The lowest BCUT2D eigenvalue weighted by molar-refractivity contribution is 0.107. The first kappa shape index (κ1) is 20.4. The highest BCUT2D eigenvalue weighted by atomic mass is 32.2. The lowest BCUT2D eigenvalue weighted by atomic mass is 10.1. The Morgan fingerprint density at radius 1 is 1.10 bits per heavy atom. The number of pyridine rings is 1. The summed E-state index contributed by atoms with van der Waals surface area (Å²) in [6, 6.07) is 13.6. The van der Waals surface area contributed by atoms with Crippen LogP contribution in [-0.2, 0) is 6.54 Å². The number of hydrogen-bond donors (Lipinski definition) is 1. The van der Waals surface area contributed by atoms with Gasteiger partial charge in [-0.2, -0.15) is 0 Å². The topological polar surface area (TPSA) is 74.3 Å². The van der Waals surface area contributed by atoms with E-state index < -0.39 is 0 Å². The van der Waals surface area contributed by atoms with Gasteiger partial charge in [0.1, 0.15) is 5.75 Å². The van der Waals surface area contributed by atoms with E-state index in [0.717, 1.165) is 36.0 Å². The van der Waals surface area contributed by atoms with Crippen molar-refractivity contribution in [2.24, 2.45) is 0 Å². The Balaban J connectivity index is 1.25. The van der Waals surface area contributed by atoms with Gasteiger partial charge in [-0.15, -0.1) is 0 Å². The number of piperazine rings is 1. The summed E-state index contributed by atoms with van der Waals surface area (Å²) in [5.41, 5.74) is 2.20. The monoisotopic (exact) mass is 423 g/mol. The number of carbonyl (C=O) groups excluding carboxylic acids is 1. The van der Waals surface area contributed by atoms with Crippen LogP contribution in [0.1, 0.15) is 23.4 Å². The molecule has 0 bridgehead atoms. The molecule has 7 nitrogen and oxygen atoms in total. The van der Waals surface area contributed by atoms with Crippen LogP contribution in [0.15, 0.2) is 66.2 Å². The molecule has 0 aliphatic carbocycles. The zero-order chi connectivity index (χ0) is 20.8. The summed E-state index contributed by atoms with van der Waals surface area (Å²) in [5, 5.41) is 1.13. The zero-order valence-corrected chi connectivity index (χ0v) is 17.7. The molecule has 0 saturated carbocycles. The third-order valence-corrected chi connectivity index (χ3v) is 6.13. The first-order chi connectivity index (χ1) is 14.7. The SMILES string of the molecule is CC(Sc1ncc[nH]1)c1ccc(OC(=O)N2CCN(Cc3ccccn3)CC2)cc1. The minimum atomic E-state index is -0.293. The summed E-state index contributed by atoms with van der Waals surface area (Å²) in [6.45, 7) is 5.86. The first-order valence-electron chi connectivity index (χ1n) is 10.0. The fraction of sp³-hybridized carbons (Fsp3) is 0.318. The van der Waals surface area contributed by atoms with Gasteiger partial charge in [-0.1, -0.05) is 30.0 Å². The highest BCUT2D eigenvalue weighted by Gasteiger charge is 2.23. The van der Waals surface area contributed by atoms with Crippen LogP contribution in [-0.4, -0.2) is 57.0 Å². The van der Waals surface area contributed by atoms with Gasteiger partial charge in [0.15, 0.2) is 5.16 Å². The lowest BCUT2D eigenvalue weighted by Crippen LogP contribution is -2.49. The molecule has 1 saturated heterocycles. The first-order valence-corrected chi connectivity index (χ1v) is 10.9. The highest BCUT2D eigenvalue weighted by molar-refractivity contribution is 7.99. The Morgan fingerprint density at radius 3 is 2.57 bits per heavy atom. The van der Waals surface area contributed by atoms with Crippen LogP contribution in [0.4, 0.5) is 4.79 Å². The van der Waals surface area contributed by atoms with Crippen molar-refractivity contribution >= 4 is 17.9 Å². The Hall–Kier alpha value is -2.84. The largest absolute Gasteiger partial charge is 0.415 e. The molecule has 1 aromatic carbocycles. The van der Waals surface area contributed by atoms with Gasteiger partial charge in [-0.05, 0) is 36.8 Å². The molecule has 156 valence electrons. The Bertz CT molecular complexity index is 926. The van der Waals surface area contributed by atoms with E-state index in [2.05, 4.69) is 26.8 Å². The molecular weight excluding hydrogens is 398 g/mol. The van der Waals surface area contributed by atoms with Crippen LogP contribution < -0.4 is 4.74 Å². The van der Waals surface area contributed by atoms with Gasteiger partial charge in [0.2, 0.25) is 0 Å². The van der Waals surface area contributed by atoms with Gasteiger partial charge in [-0.25, -0.2) is 9.78 Å². The van der Waals surface area contributed by atoms with Gasteiger partial charge in [0.25, 0.3) is 0 Å². The number of nitrogens with zero attached hydrogens (tertiary/aromatic N) is 4. The Labute approximate surface area is 180 Å². The number of nitrogens with one attached hydrogen (secondary N) is 1. The quantitative estimate of drug-likeness (QED) is 0.605. The van der Waals surface area contributed by atoms with E-state index in [1.54, 1.807) is 22.9 Å². The standard InChI is InChI=1S/C22H25N5O2S/c1-17(30-21-24-10-11-25-21)18-5-7-20(8-6-18)29-22(28)27-14-12-26(13-15-27)16-19-4-2-3-9-23-19/h2-11,17H,12-16H2,1H3,(H,24,25). The summed E-state index contributed by atoms with van der Waals surface area (Å²) < 4.78 is 5.58. The maximum Gasteiger partial charge on any atom is 0.415 e. The molecule has 1 aliphatic rings. The average Bonchev–Trinajstić information content (AvgIpc) is 3.28. The van der Waals surface area contributed by atoms with Crippen molar-refractivity contribution in [3.05, 3.63) is 72.3 Å². The summed E-state index contributed by atoms with van der Waals surface area (Å²) >= 11 is 1.65. The van der Waals surface area contributed by atoms with Crippen molar-refractivity contribution in [2.75, 3.05) is 26.2 Å². The van der Waals surface area contributed by atoms with Gasteiger partial charge >= 0.3 is 6.09 Å². The van der Waals surface area contributed by atoms with Gasteiger partial charge in [0.05, 0.1) is 5.69 Å². The third-order valence-electron chi connectivity index (χ3n) is 5.06. The predicted molar refractivity (Wildman–Crippen MR) is 116 cm³/mol. The molecule has 0 radical (unpaired) electrons. The molecule has 2 aromatic heterocycles. The number of thioether (sulfide) groups is 1. The summed E-state index contributed by atoms with van der Waals surface area (Å²) in [7, 11) is 0. The van der Waals surface area contributed by atoms with Gasteiger partial charge in [0, 0.05) is 56.6 Å². The second-order valence-corrected chi connectivity index (χ2v) is 8.51. The third kappa shape index (κ3) is 5.40. The maximum atomic E-state index is 12.5. The average molecular weight is 424 g/mol. The molecule has 1 N–H and O–H groups in total. The molecule has 1 fully saturated rings. The molecule has 4 rings (SSSR count). The van der Waals surface area contributed by atoms with E-state index in [1.807, 2.05) is 54.9 Å². The molecule has 1 unspecified atom stereocenters. The second kappa shape index (κ2) is 9.77. The number of imidazole rings is 1. The van der Waals surface area contributed by atoms with Crippen LogP contribution in [0, 0.1) is 0 Å². The van der Waals surface area contributed by atoms with Crippen LogP contribution in [0.2, 0.25) is 0 Å². The van der Waals surface area contributed by atoms with Crippen molar-refractivity contribution in [2.45, 2.75) is 23.9 Å². The minimum absolute atomic E-state index is 0.244. The number of benzene rings is 1. The van der Waals surface area contributed by atoms with E-state index >= 15 is 0 Å². The van der Waals surface area contributed by atoms with Crippen LogP contribution in [0.3, 0.4) is 0 Å². The fourth-order valence-electron chi connectivity index (χ4n) is 3.33. The number of aromatic nitrogens is 3. The summed E-state index contributed by atoms with van der Waals surface area (Å²) in [6.07, 6.45) is 5.08. The number of H-pyrrole nitrogens is 1. The van der Waals surface area contributed by atoms with E-state index in [1.165, 1.54) is 0 Å². The number of rotatable bonds is 6. The zero-order valence-electron chi connectivity index (χ0n) is 16.9. The van der Waals surface area contributed by atoms with E-state index in [4.69, 9.17) is 4.74 Å². The number of ether oxygens (including phenoxy) is 1. The lowest BCUT2D eigenvalue weighted by Gasteiger charge is -2.33. The van der Waals surface area contributed by atoms with Gasteiger partial charge in [-0.3, -0.25) is 9.88 Å². The number of amides is 1. The van der Waals surface area contributed by atoms with E-state index in [0.29, 0.717) is 18.8 Å². The summed E-state index contributed by atoms with van der Waals surface area (Å²) in [4.78, 5) is 28.3. The van der Waals surface area contributed by atoms with E-state index in [9.17, 15) is 4.79 Å². The second-order valence-electron chi connectivity index (χ2n) is 7.18. The van der Waals surface area contributed by atoms with Crippen molar-refractivity contribution in [3.8, 4) is 5.75 Å². The number of aromatic amines is 1. The Morgan fingerprint density at radius 2 is 1.90 bits per heavy atom. The molecule has 3 aromatic rings. The maximum absolute atomic E-state index is 12.5. The van der Waals surface area contributed by atoms with Crippen LogP contribution in [0.5, 0.6) is 5.75 Å².